The maximum Gasteiger partial charge on any atom is 0.417 e. The van der Waals surface area contributed by atoms with Crippen LogP contribution in [0.25, 0.3) is 4.96 Å². The second-order valence-corrected chi connectivity index (χ2v) is 8.34. The van der Waals surface area contributed by atoms with Crippen molar-refractivity contribution >= 4 is 44.6 Å². The minimum Gasteiger partial charge on any atom is -0.344 e. The third-order valence-electron chi connectivity index (χ3n) is 4.72. The molecule has 4 rings (SSSR count). The lowest BCUT2D eigenvalue weighted by Crippen LogP contribution is -2.48. The molecule has 12 heteroatoms. The number of benzene rings is 1. The Labute approximate surface area is 179 Å². The fraction of sp³-hybridized carbons (Fsp3) is 0.389. The monoisotopic (exact) mass is 458 g/mol. The van der Waals surface area contributed by atoms with Gasteiger partial charge in [-0.2, -0.15) is 13.2 Å². The Bertz CT molecular complexity index is 1040. The normalized spacial score (nSPS) is 15.7. The number of anilines is 2. The van der Waals surface area contributed by atoms with Crippen molar-refractivity contribution in [2.24, 2.45) is 0 Å². The number of nitrogens with zero attached hydrogens (tertiary/aromatic N) is 5. The van der Waals surface area contributed by atoms with Crippen molar-refractivity contribution in [3.63, 3.8) is 0 Å². The second-order valence-electron chi connectivity index (χ2n) is 7.00. The SMILES string of the molecule is Cc1cn2nc(N3CCN(CC(=O)Nc4ccc(Cl)c(C(F)(F)F)c4)CC3)sc2n1. The number of carbonyl (C=O) groups is 1. The molecule has 0 atom stereocenters. The lowest BCUT2D eigenvalue weighted by atomic mass is 10.2. The smallest absolute Gasteiger partial charge is 0.344 e. The molecule has 1 aliphatic rings. The fourth-order valence-corrected chi connectivity index (χ4v) is 4.45. The lowest BCUT2D eigenvalue weighted by molar-refractivity contribution is -0.137. The molecule has 3 heterocycles. The van der Waals surface area contributed by atoms with Gasteiger partial charge < -0.3 is 10.2 Å². The van der Waals surface area contributed by atoms with E-state index in [-0.39, 0.29) is 18.1 Å². The van der Waals surface area contributed by atoms with E-state index in [1.807, 2.05) is 18.0 Å². The summed E-state index contributed by atoms with van der Waals surface area (Å²) in [6.07, 6.45) is -2.71. The molecule has 0 aliphatic carbocycles. The van der Waals surface area contributed by atoms with Gasteiger partial charge in [-0.25, -0.2) is 9.50 Å². The van der Waals surface area contributed by atoms with Crippen LogP contribution >= 0.6 is 22.9 Å². The summed E-state index contributed by atoms with van der Waals surface area (Å²) < 4.78 is 40.6. The van der Waals surface area contributed by atoms with E-state index in [4.69, 9.17) is 11.6 Å². The lowest BCUT2D eigenvalue weighted by Gasteiger charge is -2.33. The van der Waals surface area contributed by atoms with Crippen LogP contribution in [0.15, 0.2) is 24.4 Å². The zero-order chi connectivity index (χ0) is 21.5. The summed E-state index contributed by atoms with van der Waals surface area (Å²) in [4.78, 5) is 21.6. The van der Waals surface area contributed by atoms with Gasteiger partial charge in [0.15, 0.2) is 0 Å². The Balaban J connectivity index is 1.31. The minimum atomic E-state index is -4.58. The van der Waals surface area contributed by atoms with Crippen molar-refractivity contribution < 1.29 is 18.0 Å². The Hall–Kier alpha value is -2.37. The molecule has 1 aromatic carbocycles. The van der Waals surface area contributed by atoms with Crippen molar-refractivity contribution in [1.82, 2.24) is 19.5 Å². The van der Waals surface area contributed by atoms with Crippen LogP contribution < -0.4 is 10.2 Å². The third kappa shape index (κ3) is 4.52. The summed E-state index contributed by atoms with van der Waals surface area (Å²) in [5.41, 5.74) is 0.0107. The van der Waals surface area contributed by atoms with E-state index in [0.29, 0.717) is 26.2 Å². The highest BCUT2D eigenvalue weighted by Crippen LogP contribution is 2.36. The average molecular weight is 459 g/mol. The quantitative estimate of drug-likeness (QED) is 0.648. The van der Waals surface area contributed by atoms with Crippen LogP contribution in [0.3, 0.4) is 0 Å². The van der Waals surface area contributed by atoms with Gasteiger partial charge in [0.2, 0.25) is 16.0 Å². The number of fused-ring (bicyclic) bond motifs is 1. The molecule has 2 aromatic heterocycles. The molecule has 30 heavy (non-hydrogen) atoms. The van der Waals surface area contributed by atoms with Crippen molar-refractivity contribution in [3.05, 3.63) is 40.7 Å². The van der Waals surface area contributed by atoms with Crippen molar-refractivity contribution in [1.29, 1.82) is 0 Å². The molecule has 1 N–H and O–H groups in total. The number of piperazine rings is 1. The molecule has 1 amide bonds. The molecule has 0 unspecified atom stereocenters. The van der Waals surface area contributed by atoms with E-state index in [0.717, 1.165) is 27.9 Å². The Morgan fingerprint density at radius 1 is 1.27 bits per heavy atom. The first-order valence-corrected chi connectivity index (χ1v) is 10.4. The van der Waals surface area contributed by atoms with Crippen molar-refractivity contribution in [2.45, 2.75) is 13.1 Å². The predicted octanol–water partition coefficient (Wildman–Crippen LogP) is 3.53. The minimum absolute atomic E-state index is 0.0665. The molecule has 0 radical (unpaired) electrons. The van der Waals surface area contributed by atoms with Gasteiger partial charge >= 0.3 is 6.18 Å². The van der Waals surface area contributed by atoms with Gasteiger partial charge in [-0.3, -0.25) is 9.69 Å². The molecular formula is C18H18ClF3N6OS. The maximum absolute atomic E-state index is 13.0. The molecule has 0 spiro atoms. The maximum atomic E-state index is 13.0. The van der Waals surface area contributed by atoms with Crippen LogP contribution in [0.1, 0.15) is 11.3 Å². The number of aromatic nitrogens is 3. The van der Waals surface area contributed by atoms with Crippen LogP contribution in [-0.2, 0) is 11.0 Å². The highest BCUT2D eigenvalue weighted by molar-refractivity contribution is 7.20. The third-order valence-corrected chi connectivity index (χ3v) is 6.03. The number of imidazole rings is 1. The van der Waals surface area contributed by atoms with Gasteiger partial charge in [-0.1, -0.05) is 22.9 Å². The topological polar surface area (TPSA) is 65.8 Å². The highest BCUT2D eigenvalue weighted by atomic mass is 35.5. The van der Waals surface area contributed by atoms with E-state index in [9.17, 15) is 18.0 Å². The Morgan fingerprint density at radius 3 is 2.67 bits per heavy atom. The number of aryl methyl sites for hydroxylation is 1. The number of hydrogen-bond acceptors (Lipinski definition) is 6. The van der Waals surface area contributed by atoms with E-state index in [1.54, 1.807) is 4.52 Å². The number of nitrogens with one attached hydrogen (secondary N) is 1. The van der Waals surface area contributed by atoms with Crippen LogP contribution in [0, 0.1) is 6.92 Å². The number of hydrogen-bond donors (Lipinski definition) is 1. The van der Waals surface area contributed by atoms with Crippen LogP contribution in [-0.4, -0.2) is 58.1 Å². The molecular weight excluding hydrogens is 441 g/mol. The summed E-state index contributed by atoms with van der Waals surface area (Å²) in [6, 6.07) is 3.33. The first-order valence-electron chi connectivity index (χ1n) is 9.16. The van der Waals surface area contributed by atoms with Crippen LogP contribution in [0.2, 0.25) is 5.02 Å². The van der Waals surface area contributed by atoms with Crippen molar-refractivity contribution in [3.8, 4) is 0 Å². The van der Waals surface area contributed by atoms with Gasteiger partial charge in [0.25, 0.3) is 0 Å². The van der Waals surface area contributed by atoms with Gasteiger partial charge in [0, 0.05) is 31.9 Å². The molecule has 160 valence electrons. The Morgan fingerprint density at radius 2 is 2.00 bits per heavy atom. The largest absolute Gasteiger partial charge is 0.417 e. The van der Waals surface area contributed by atoms with Crippen LogP contribution in [0.4, 0.5) is 24.0 Å². The van der Waals surface area contributed by atoms with Gasteiger partial charge in [0.1, 0.15) is 0 Å². The second kappa shape index (κ2) is 8.05. The highest BCUT2D eigenvalue weighted by Gasteiger charge is 2.33. The molecule has 0 saturated carbocycles. The summed E-state index contributed by atoms with van der Waals surface area (Å²) in [6.45, 7) is 4.69. The van der Waals surface area contributed by atoms with Gasteiger partial charge in [0.05, 0.1) is 29.0 Å². The summed E-state index contributed by atoms with van der Waals surface area (Å²) in [5, 5.41) is 7.52. The van der Waals surface area contributed by atoms with Gasteiger partial charge in [-0.05, 0) is 25.1 Å². The first-order chi connectivity index (χ1) is 14.2. The molecule has 1 aliphatic heterocycles. The number of rotatable bonds is 4. The molecule has 1 fully saturated rings. The zero-order valence-corrected chi connectivity index (χ0v) is 17.5. The summed E-state index contributed by atoms with van der Waals surface area (Å²) in [5.74, 6) is -0.373. The number of carbonyl (C=O) groups excluding carboxylic acids is 1. The van der Waals surface area contributed by atoms with E-state index >= 15 is 0 Å². The van der Waals surface area contributed by atoms with E-state index in [1.165, 1.54) is 17.4 Å². The first kappa shape index (κ1) is 20.9. The molecule has 1 saturated heterocycles. The van der Waals surface area contributed by atoms with E-state index < -0.39 is 16.8 Å². The van der Waals surface area contributed by atoms with Crippen molar-refractivity contribution in [2.75, 3.05) is 42.9 Å². The summed E-state index contributed by atoms with van der Waals surface area (Å²) >= 11 is 7.12. The standard InChI is InChI=1S/C18H18ClF3N6OS/c1-11-9-28-16(23-11)30-17(25-28)27-6-4-26(5-7-27)10-15(29)24-12-2-3-14(19)13(8-12)18(20,21)22/h2-3,8-9H,4-7,10H2,1H3,(H,24,29). The van der Waals surface area contributed by atoms with E-state index in [2.05, 4.69) is 20.3 Å². The number of alkyl halides is 3. The zero-order valence-electron chi connectivity index (χ0n) is 15.9. The number of halogens is 4. The predicted molar refractivity (Wildman–Crippen MR) is 109 cm³/mol. The molecule has 0 bridgehead atoms. The van der Waals surface area contributed by atoms with Crippen LogP contribution in [0.5, 0.6) is 0 Å². The molecule has 3 aromatic rings. The fourth-order valence-electron chi connectivity index (χ4n) is 3.25. The summed E-state index contributed by atoms with van der Waals surface area (Å²) in [7, 11) is 0. The molecule has 7 nitrogen and oxygen atoms in total. The number of amides is 1. The average Bonchev–Trinajstić information content (AvgIpc) is 3.20. The van der Waals surface area contributed by atoms with Gasteiger partial charge in [-0.15, -0.1) is 5.10 Å². The Kier molecular flexibility index (Phi) is 5.60.